The fourth-order valence-electron chi connectivity index (χ4n) is 1.64. The third kappa shape index (κ3) is 2.11. The fourth-order valence-corrected chi connectivity index (χ4v) is 3.78. The molecule has 2 aromatic carbocycles. The van der Waals surface area contributed by atoms with Crippen molar-refractivity contribution in [2.24, 2.45) is 0 Å². The van der Waals surface area contributed by atoms with E-state index in [1.54, 1.807) is 0 Å². The molecule has 0 unspecified atom stereocenters. The zero-order chi connectivity index (χ0) is 9.97. The van der Waals surface area contributed by atoms with E-state index in [-0.39, 0.29) is 4.46 Å². The second kappa shape index (κ2) is 4.35. The number of fused-ring (bicyclic) bond motifs is 1. The number of hydrogen-bond donors (Lipinski definition) is 0. The van der Waals surface area contributed by atoms with Gasteiger partial charge in [-0.25, -0.2) is 0 Å². The van der Waals surface area contributed by atoms with Crippen LogP contribution in [-0.4, -0.2) is 14.0 Å². The molecule has 0 saturated heterocycles. The smallest absolute Gasteiger partial charge is 0.0957 e. The van der Waals surface area contributed by atoms with E-state index >= 15 is 0 Å². The highest BCUT2D eigenvalue weighted by molar-refractivity contribution is 6.77. The Labute approximate surface area is 95.7 Å². The van der Waals surface area contributed by atoms with E-state index in [4.69, 9.17) is 23.2 Å². The lowest BCUT2D eigenvalue weighted by Crippen LogP contribution is -2.20. The van der Waals surface area contributed by atoms with E-state index in [9.17, 15) is 0 Å². The monoisotopic (exact) mass is 240 g/mol. The van der Waals surface area contributed by atoms with E-state index in [1.807, 2.05) is 6.07 Å². The topological polar surface area (TPSA) is 0 Å². The van der Waals surface area contributed by atoms with Gasteiger partial charge in [-0.1, -0.05) is 47.7 Å². The first-order chi connectivity index (χ1) is 6.77. The van der Waals surface area contributed by atoms with Gasteiger partial charge < -0.3 is 0 Å². The molecule has 3 heteroatoms. The zero-order valence-corrected chi connectivity index (χ0v) is 10.5. The molecule has 2 aromatic rings. The fraction of sp³-hybridized carbons (Fsp3) is 0.0909. The third-order valence-electron chi connectivity index (χ3n) is 2.25. The van der Waals surface area contributed by atoms with Gasteiger partial charge in [0.2, 0.25) is 0 Å². The van der Waals surface area contributed by atoms with Crippen LogP contribution in [0, 0.1) is 0 Å². The quantitative estimate of drug-likeness (QED) is 0.559. The Bertz CT molecular complexity index is 435. The molecule has 0 amide bonds. The molecule has 0 bridgehead atoms. The Balaban J connectivity index is 2.53. The second-order valence-electron chi connectivity index (χ2n) is 3.23. The van der Waals surface area contributed by atoms with Crippen molar-refractivity contribution in [2.45, 2.75) is 4.46 Å². The number of halogens is 2. The lowest BCUT2D eigenvalue weighted by molar-refractivity contribution is 1.77. The largest absolute Gasteiger partial charge is 0.110 e. The molecule has 0 radical (unpaired) electrons. The summed E-state index contributed by atoms with van der Waals surface area (Å²) >= 11 is 11.7. The highest BCUT2D eigenvalue weighted by Crippen LogP contribution is 2.11. The molecule has 0 spiro atoms. The number of alkyl halides is 2. The van der Waals surface area contributed by atoms with Gasteiger partial charge in [-0.3, -0.25) is 0 Å². The average molecular weight is 241 g/mol. The van der Waals surface area contributed by atoms with Crippen molar-refractivity contribution < 1.29 is 0 Å². The van der Waals surface area contributed by atoms with Gasteiger partial charge in [-0.05, 0) is 10.8 Å². The van der Waals surface area contributed by atoms with Gasteiger partial charge in [-0.2, -0.15) is 0 Å². The van der Waals surface area contributed by atoms with E-state index in [2.05, 4.69) is 36.4 Å². The molecule has 2 rings (SSSR count). The standard InChI is InChI=1S/C11H10Cl2Si/c12-11(13)14-10-7-3-5-8-4-1-2-6-9(8)10/h1-7,11H,14H2. The molecule has 0 aromatic heterocycles. The van der Waals surface area contributed by atoms with Crippen LogP contribution in [0.2, 0.25) is 0 Å². The molecule has 0 aliphatic carbocycles. The summed E-state index contributed by atoms with van der Waals surface area (Å²) in [6.45, 7) is 0. The Kier molecular flexibility index (Phi) is 3.11. The van der Waals surface area contributed by atoms with Crippen molar-refractivity contribution in [2.75, 3.05) is 0 Å². The second-order valence-corrected chi connectivity index (χ2v) is 7.53. The maximum Gasteiger partial charge on any atom is 0.0957 e. The molecule has 0 heterocycles. The van der Waals surface area contributed by atoms with Gasteiger partial charge in [0.05, 0.1) is 14.0 Å². The van der Waals surface area contributed by atoms with Crippen LogP contribution in [0.3, 0.4) is 0 Å². The van der Waals surface area contributed by atoms with Gasteiger partial charge in [0, 0.05) is 0 Å². The van der Waals surface area contributed by atoms with Crippen LogP contribution >= 0.6 is 23.2 Å². The van der Waals surface area contributed by atoms with Crippen molar-refractivity contribution in [1.29, 1.82) is 0 Å². The summed E-state index contributed by atoms with van der Waals surface area (Å²) in [5.74, 6) is 0. The van der Waals surface area contributed by atoms with Crippen LogP contribution in [0.4, 0.5) is 0 Å². The van der Waals surface area contributed by atoms with Crippen LogP contribution in [0.15, 0.2) is 42.5 Å². The van der Waals surface area contributed by atoms with Crippen LogP contribution in [0.25, 0.3) is 10.8 Å². The first-order valence-corrected chi connectivity index (χ1v) is 6.92. The van der Waals surface area contributed by atoms with Crippen LogP contribution in [-0.2, 0) is 0 Å². The van der Waals surface area contributed by atoms with Crippen molar-refractivity contribution in [3.05, 3.63) is 42.5 Å². The van der Waals surface area contributed by atoms with E-state index < -0.39 is 9.52 Å². The van der Waals surface area contributed by atoms with Gasteiger partial charge in [-0.15, -0.1) is 23.2 Å². The highest BCUT2D eigenvalue weighted by Gasteiger charge is 2.05. The number of hydrogen-bond acceptors (Lipinski definition) is 0. The van der Waals surface area contributed by atoms with Crippen LogP contribution < -0.4 is 5.19 Å². The molecule has 0 fully saturated rings. The minimum absolute atomic E-state index is 0.194. The first-order valence-electron chi connectivity index (χ1n) is 4.52. The van der Waals surface area contributed by atoms with Crippen LogP contribution in [0.1, 0.15) is 0 Å². The Morgan fingerprint density at radius 2 is 1.64 bits per heavy atom. The summed E-state index contributed by atoms with van der Waals surface area (Å²) in [5.41, 5.74) is 0. The van der Waals surface area contributed by atoms with Crippen molar-refractivity contribution >= 4 is 48.7 Å². The molecule has 72 valence electrons. The summed E-state index contributed by atoms with van der Waals surface area (Å²) in [6, 6.07) is 14.7. The maximum absolute atomic E-state index is 5.84. The molecule has 0 saturated carbocycles. The number of rotatable bonds is 2. The molecule has 0 aliphatic rings. The van der Waals surface area contributed by atoms with Gasteiger partial charge >= 0.3 is 0 Å². The molecule has 0 atom stereocenters. The lowest BCUT2D eigenvalue weighted by Gasteiger charge is -2.05. The lowest BCUT2D eigenvalue weighted by atomic mass is 10.1. The van der Waals surface area contributed by atoms with E-state index in [1.165, 1.54) is 16.0 Å². The minimum Gasteiger partial charge on any atom is -0.110 e. The SMILES string of the molecule is ClC(Cl)[SiH2]c1cccc2ccccc12. The molecule has 0 nitrogen and oxygen atoms in total. The number of benzene rings is 2. The molecule has 0 N–H and O–H groups in total. The molecular formula is C11H10Cl2Si. The van der Waals surface area contributed by atoms with Gasteiger partial charge in [0.1, 0.15) is 0 Å². The summed E-state index contributed by atoms with van der Waals surface area (Å²) < 4.78 is -0.194. The molecular weight excluding hydrogens is 231 g/mol. The summed E-state index contributed by atoms with van der Waals surface area (Å²) in [5, 5.41) is 3.91. The normalized spacial score (nSPS) is 11.9. The summed E-state index contributed by atoms with van der Waals surface area (Å²) in [7, 11) is -0.568. The molecule has 14 heavy (non-hydrogen) atoms. The van der Waals surface area contributed by atoms with Crippen molar-refractivity contribution in [3.63, 3.8) is 0 Å². The maximum atomic E-state index is 5.84. The van der Waals surface area contributed by atoms with Crippen LogP contribution in [0.5, 0.6) is 0 Å². The van der Waals surface area contributed by atoms with Gasteiger partial charge in [0.15, 0.2) is 0 Å². The Morgan fingerprint density at radius 1 is 0.929 bits per heavy atom. The predicted octanol–water partition coefficient (Wildman–Crippen LogP) is 2.40. The predicted molar refractivity (Wildman–Crippen MR) is 67.6 cm³/mol. The van der Waals surface area contributed by atoms with E-state index in [0.29, 0.717) is 0 Å². The highest BCUT2D eigenvalue weighted by atomic mass is 35.5. The van der Waals surface area contributed by atoms with Gasteiger partial charge in [0.25, 0.3) is 0 Å². The zero-order valence-electron chi connectivity index (χ0n) is 7.58. The summed E-state index contributed by atoms with van der Waals surface area (Å²) in [4.78, 5) is 0. The Morgan fingerprint density at radius 3 is 2.43 bits per heavy atom. The van der Waals surface area contributed by atoms with Crippen molar-refractivity contribution in [1.82, 2.24) is 0 Å². The minimum atomic E-state index is -0.568. The van der Waals surface area contributed by atoms with E-state index in [0.717, 1.165) is 0 Å². The Hall–Kier alpha value is -0.503. The average Bonchev–Trinajstić information content (AvgIpc) is 2.18. The van der Waals surface area contributed by atoms with Crippen molar-refractivity contribution in [3.8, 4) is 0 Å². The summed E-state index contributed by atoms with van der Waals surface area (Å²) in [6.07, 6.45) is 0. The third-order valence-corrected chi connectivity index (χ3v) is 4.55. The molecule has 0 aliphatic heterocycles. The first kappa shape index (κ1) is 10.0.